The maximum atomic E-state index is 13.3. The van der Waals surface area contributed by atoms with Crippen LogP contribution in [0.15, 0.2) is 48.5 Å². The minimum atomic E-state index is -0.259. The molecule has 1 aliphatic rings. The Bertz CT molecular complexity index is 727. The highest BCUT2D eigenvalue weighted by Crippen LogP contribution is 2.21. The largest absolute Gasteiger partial charge is 0.350 e. The van der Waals surface area contributed by atoms with Gasteiger partial charge < -0.3 is 5.32 Å². The van der Waals surface area contributed by atoms with Gasteiger partial charge in [-0.3, -0.25) is 9.69 Å². The number of nitrogens with zero attached hydrogens (tertiary/aromatic N) is 1. The lowest BCUT2D eigenvalue weighted by Gasteiger charge is -2.28. The zero-order chi connectivity index (χ0) is 17.8. The van der Waals surface area contributed by atoms with Crippen LogP contribution in [0.1, 0.15) is 37.0 Å². The molecular weight excluding hydrogens is 315 g/mol. The molecule has 0 aromatic heterocycles. The van der Waals surface area contributed by atoms with E-state index in [1.165, 1.54) is 18.6 Å². The molecular formula is C21H25FN2O. The lowest BCUT2D eigenvalue weighted by Crippen LogP contribution is -2.43. The summed E-state index contributed by atoms with van der Waals surface area (Å²) in [5.74, 6) is -0.313. The lowest BCUT2D eigenvalue weighted by molar-refractivity contribution is 0.0935. The molecule has 0 saturated carbocycles. The number of hydrogen-bond acceptors (Lipinski definition) is 2. The molecule has 1 N–H and O–H groups in total. The Balaban J connectivity index is 1.61. The van der Waals surface area contributed by atoms with Crippen LogP contribution in [-0.4, -0.2) is 36.0 Å². The number of likely N-dealkylation sites (tertiary alicyclic amines) is 1. The number of halogens is 1. The number of hydrogen-bond donors (Lipinski definition) is 1. The van der Waals surface area contributed by atoms with Gasteiger partial charge in [0.05, 0.1) is 0 Å². The number of carbonyl (C=O) groups excluding carboxylic acids is 1. The summed E-state index contributed by atoms with van der Waals surface area (Å²) in [5, 5.41) is 3.05. The van der Waals surface area contributed by atoms with Gasteiger partial charge in [0.15, 0.2) is 0 Å². The van der Waals surface area contributed by atoms with Gasteiger partial charge in [-0.15, -0.1) is 0 Å². The van der Waals surface area contributed by atoms with Crippen molar-refractivity contribution >= 4 is 5.91 Å². The van der Waals surface area contributed by atoms with Crippen LogP contribution in [0, 0.1) is 5.82 Å². The average Bonchev–Trinajstić information content (AvgIpc) is 3.09. The van der Waals surface area contributed by atoms with Crippen molar-refractivity contribution in [3.8, 4) is 11.1 Å². The molecule has 1 atom stereocenters. The molecule has 3 rings (SSSR count). The molecule has 3 nitrogen and oxygen atoms in total. The number of amides is 1. The second-order valence-corrected chi connectivity index (χ2v) is 6.93. The van der Waals surface area contributed by atoms with E-state index in [-0.39, 0.29) is 11.7 Å². The molecule has 132 valence electrons. The van der Waals surface area contributed by atoms with Gasteiger partial charge in [-0.1, -0.05) is 24.3 Å². The maximum Gasteiger partial charge on any atom is 0.251 e. The number of benzene rings is 2. The fourth-order valence-corrected chi connectivity index (χ4v) is 3.55. The molecule has 1 amide bonds. The topological polar surface area (TPSA) is 32.3 Å². The van der Waals surface area contributed by atoms with Crippen LogP contribution in [0.4, 0.5) is 4.39 Å². The van der Waals surface area contributed by atoms with Gasteiger partial charge in [0.25, 0.3) is 5.91 Å². The van der Waals surface area contributed by atoms with Gasteiger partial charge in [0, 0.05) is 24.2 Å². The summed E-state index contributed by atoms with van der Waals surface area (Å²) < 4.78 is 13.3. The highest BCUT2D eigenvalue weighted by atomic mass is 19.1. The normalized spacial score (nSPS) is 17.8. The minimum Gasteiger partial charge on any atom is -0.350 e. The van der Waals surface area contributed by atoms with Crippen LogP contribution in [0.25, 0.3) is 11.1 Å². The second-order valence-electron chi connectivity index (χ2n) is 6.93. The first-order chi connectivity index (χ1) is 12.0. The van der Waals surface area contributed by atoms with Crippen molar-refractivity contribution < 1.29 is 9.18 Å². The van der Waals surface area contributed by atoms with Crippen molar-refractivity contribution in [1.82, 2.24) is 10.2 Å². The summed E-state index contributed by atoms with van der Waals surface area (Å²) in [7, 11) is 0. The first kappa shape index (κ1) is 17.6. The van der Waals surface area contributed by atoms with Crippen molar-refractivity contribution in [2.24, 2.45) is 0 Å². The molecule has 1 saturated heterocycles. The molecule has 0 aliphatic carbocycles. The summed E-state index contributed by atoms with van der Waals surface area (Å²) in [4.78, 5) is 14.8. The highest BCUT2D eigenvalue weighted by molar-refractivity contribution is 5.94. The van der Waals surface area contributed by atoms with E-state index in [1.807, 2.05) is 18.2 Å². The summed E-state index contributed by atoms with van der Waals surface area (Å²) >= 11 is 0. The molecule has 0 spiro atoms. The summed E-state index contributed by atoms with van der Waals surface area (Å²) in [5.41, 5.74) is 2.34. The Morgan fingerprint density at radius 3 is 2.64 bits per heavy atom. The second kappa shape index (κ2) is 7.79. The van der Waals surface area contributed by atoms with E-state index in [9.17, 15) is 9.18 Å². The van der Waals surface area contributed by atoms with Crippen molar-refractivity contribution in [3.05, 3.63) is 59.9 Å². The van der Waals surface area contributed by atoms with Crippen LogP contribution in [-0.2, 0) is 0 Å². The van der Waals surface area contributed by atoms with Crippen molar-refractivity contribution in [2.75, 3.05) is 13.1 Å². The third-order valence-corrected chi connectivity index (χ3v) is 4.89. The first-order valence-electron chi connectivity index (χ1n) is 8.94. The monoisotopic (exact) mass is 340 g/mol. The van der Waals surface area contributed by atoms with E-state index < -0.39 is 0 Å². The van der Waals surface area contributed by atoms with E-state index in [0.717, 1.165) is 24.1 Å². The van der Waals surface area contributed by atoms with E-state index in [4.69, 9.17) is 0 Å². The van der Waals surface area contributed by atoms with Crippen LogP contribution < -0.4 is 5.32 Å². The standard InChI is InChI=1S/C21H25FN2O/c1-15(2)24-12-4-7-20(24)14-23-21(25)17-10-8-16(9-11-17)18-5-3-6-19(22)13-18/h3,5-6,8-11,13,15,20H,4,7,12,14H2,1-2H3,(H,23,25)/t20-/m0/s1. The van der Waals surface area contributed by atoms with Gasteiger partial charge in [-0.05, 0) is 68.6 Å². The van der Waals surface area contributed by atoms with E-state index in [2.05, 4.69) is 24.1 Å². The zero-order valence-electron chi connectivity index (χ0n) is 14.8. The maximum absolute atomic E-state index is 13.3. The molecule has 2 aromatic carbocycles. The van der Waals surface area contributed by atoms with Gasteiger partial charge in [0.1, 0.15) is 5.82 Å². The molecule has 0 bridgehead atoms. The first-order valence-corrected chi connectivity index (χ1v) is 8.94. The molecule has 0 radical (unpaired) electrons. The van der Waals surface area contributed by atoms with Crippen LogP contribution in [0.3, 0.4) is 0 Å². The SMILES string of the molecule is CC(C)N1CCC[C@H]1CNC(=O)c1ccc(-c2cccc(F)c2)cc1. The quantitative estimate of drug-likeness (QED) is 0.889. The zero-order valence-corrected chi connectivity index (χ0v) is 14.8. The van der Waals surface area contributed by atoms with Gasteiger partial charge in [-0.2, -0.15) is 0 Å². The van der Waals surface area contributed by atoms with E-state index in [0.29, 0.717) is 24.2 Å². The van der Waals surface area contributed by atoms with E-state index in [1.54, 1.807) is 18.2 Å². The van der Waals surface area contributed by atoms with E-state index >= 15 is 0 Å². The number of rotatable bonds is 5. The lowest BCUT2D eigenvalue weighted by atomic mass is 10.0. The fourth-order valence-electron chi connectivity index (χ4n) is 3.55. The molecule has 4 heteroatoms. The average molecular weight is 340 g/mol. The Morgan fingerprint density at radius 1 is 1.20 bits per heavy atom. The van der Waals surface area contributed by atoms with Crippen LogP contribution >= 0.6 is 0 Å². The minimum absolute atomic E-state index is 0.0543. The molecule has 2 aromatic rings. The number of carbonyl (C=O) groups is 1. The Labute approximate surface area is 148 Å². The molecule has 1 heterocycles. The number of nitrogens with one attached hydrogen (secondary N) is 1. The van der Waals surface area contributed by atoms with Crippen molar-refractivity contribution in [2.45, 2.75) is 38.8 Å². The predicted octanol–water partition coefficient (Wildman–Crippen LogP) is 4.10. The molecule has 25 heavy (non-hydrogen) atoms. The molecule has 1 fully saturated rings. The van der Waals surface area contributed by atoms with Crippen LogP contribution in [0.5, 0.6) is 0 Å². The Hall–Kier alpha value is -2.20. The van der Waals surface area contributed by atoms with Gasteiger partial charge in [0.2, 0.25) is 0 Å². The van der Waals surface area contributed by atoms with Crippen molar-refractivity contribution in [1.29, 1.82) is 0 Å². The Morgan fingerprint density at radius 2 is 1.96 bits per heavy atom. The summed E-state index contributed by atoms with van der Waals surface area (Å²) in [6.45, 7) is 6.19. The third-order valence-electron chi connectivity index (χ3n) is 4.89. The smallest absolute Gasteiger partial charge is 0.251 e. The predicted molar refractivity (Wildman–Crippen MR) is 99.0 cm³/mol. The Kier molecular flexibility index (Phi) is 5.49. The summed E-state index contributed by atoms with van der Waals surface area (Å²) in [6, 6.07) is 14.7. The molecule has 0 unspecified atom stereocenters. The highest BCUT2D eigenvalue weighted by Gasteiger charge is 2.26. The van der Waals surface area contributed by atoms with Gasteiger partial charge >= 0.3 is 0 Å². The molecule has 1 aliphatic heterocycles. The fraction of sp³-hybridized carbons (Fsp3) is 0.381. The third kappa shape index (κ3) is 4.26. The summed E-state index contributed by atoms with van der Waals surface area (Å²) in [6.07, 6.45) is 2.33. The van der Waals surface area contributed by atoms with Gasteiger partial charge in [-0.25, -0.2) is 4.39 Å². The van der Waals surface area contributed by atoms with Crippen molar-refractivity contribution in [3.63, 3.8) is 0 Å². The van der Waals surface area contributed by atoms with Crippen LogP contribution in [0.2, 0.25) is 0 Å².